The van der Waals surface area contributed by atoms with Crippen LogP contribution in [-0.4, -0.2) is 76.9 Å². The van der Waals surface area contributed by atoms with Crippen molar-refractivity contribution in [1.82, 2.24) is 44.3 Å². The van der Waals surface area contributed by atoms with Crippen molar-refractivity contribution >= 4 is 27.8 Å². The number of amides is 1. The summed E-state index contributed by atoms with van der Waals surface area (Å²) in [4.78, 5) is 42.6. The van der Waals surface area contributed by atoms with Crippen LogP contribution in [0.3, 0.4) is 0 Å². The molecule has 1 fully saturated rings. The van der Waals surface area contributed by atoms with Crippen molar-refractivity contribution < 1.29 is 22.7 Å². The van der Waals surface area contributed by atoms with Crippen LogP contribution in [0.25, 0.3) is 33.2 Å². The second-order valence-electron chi connectivity index (χ2n) is 11.0. The number of aromatic amines is 1. The number of piperazine rings is 1. The minimum Gasteiger partial charge on any atom is -0.480 e. The van der Waals surface area contributed by atoms with Crippen LogP contribution >= 0.6 is 0 Å². The van der Waals surface area contributed by atoms with Crippen LogP contribution in [0.2, 0.25) is 0 Å². The average molecular weight is 628 g/mol. The van der Waals surface area contributed by atoms with Gasteiger partial charge in [0, 0.05) is 50.2 Å². The number of ether oxygens (including phenoxy) is 1. The van der Waals surface area contributed by atoms with Crippen molar-refractivity contribution in [3.05, 3.63) is 96.7 Å². The molecule has 0 spiro atoms. The van der Waals surface area contributed by atoms with E-state index in [0.29, 0.717) is 42.6 Å². The number of para-hydroxylation sites is 3. The zero-order valence-electron chi connectivity index (χ0n) is 24.6. The van der Waals surface area contributed by atoms with E-state index in [0.717, 1.165) is 21.2 Å². The number of carbonyl (C=O) groups is 1. The molecule has 7 rings (SSSR count). The lowest BCUT2D eigenvalue weighted by Crippen LogP contribution is -2.51. The molecule has 1 atom stereocenters. The summed E-state index contributed by atoms with van der Waals surface area (Å²) in [5, 5.41) is 0.909. The molecule has 1 aliphatic heterocycles. The van der Waals surface area contributed by atoms with E-state index in [9.17, 15) is 18.0 Å². The van der Waals surface area contributed by atoms with Gasteiger partial charge in [-0.25, -0.2) is 15.0 Å². The smallest absolute Gasteiger partial charge is 0.449 e. The summed E-state index contributed by atoms with van der Waals surface area (Å²) in [6.45, 7) is 1.04. The number of hydrogen-bond acceptors (Lipinski definition) is 8. The number of H-pyrrole nitrogens is 1. The van der Waals surface area contributed by atoms with Crippen molar-refractivity contribution in [3.8, 4) is 17.1 Å². The molecule has 4 aromatic heterocycles. The van der Waals surface area contributed by atoms with Gasteiger partial charge >= 0.3 is 6.18 Å². The Balaban J connectivity index is 1.24. The van der Waals surface area contributed by atoms with Gasteiger partial charge in [-0.3, -0.25) is 19.7 Å². The normalized spacial score (nSPS) is 15.9. The third-order valence-corrected chi connectivity index (χ3v) is 8.07. The van der Waals surface area contributed by atoms with E-state index in [1.807, 2.05) is 30.3 Å². The summed E-state index contributed by atoms with van der Waals surface area (Å²) in [6.07, 6.45) is 1.80. The molecule has 0 aliphatic carbocycles. The number of nitrogens with one attached hydrogen (secondary N) is 1. The molecule has 11 nitrogen and oxygen atoms in total. The van der Waals surface area contributed by atoms with Crippen molar-refractivity contribution in [3.63, 3.8) is 0 Å². The minimum absolute atomic E-state index is 0.168. The second kappa shape index (κ2) is 11.9. The van der Waals surface area contributed by atoms with E-state index in [2.05, 4.69) is 34.8 Å². The number of alkyl halides is 3. The maximum Gasteiger partial charge on any atom is 0.449 e. The molecule has 46 heavy (non-hydrogen) atoms. The summed E-state index contributed by atoms with van der Waals surface area (Å²) in [5.41, 5.74) is 3.25. The lowest BCUT2D eigenvalue weighted by Gasteiger charge is -2.40. The average Bonchev–Trinajstić information content (AvgIpc) is 3.70. The monoisotopic (exact) mass is 627 g/mol. The number of nitrogens with zero attached hydrogens (tertiary/aromatic N) is 8. The zero-order valence-corrected chi connectivity index (χ0v) is 24.6. The molecule has 1 aliphatic rings. The van der Waals surface area contributed by atoms with E-state index in [1.165, 1.54) is 12.1 Å². The molecule has 0 bridgehead atoms. The fourth-order valence-corrected chi connectivity index (χ4v) is 5.92. The van der Waals surface area contributed by atoms with Gasteiger partial charge < -0.3 is 19.2 Å². The van der Waals surface area contributed by atoms with E-state index in [1.54, 1.807) is 48.9 Å². The summed E-state index contributed by atoms with van der Waals surface area (Å²) < 4.78 is 48.7. The lowest BCUT2D eigenvalue weighted by atomic mass is 10.1. The van der Waals surface area contributed by atoms with E-state index >= 15 is 0 Å². The number of rotatable bonds is 7. The Kier molecular flexibility index (Phi) is 7.56. The number of benzene rings is 2. The maximum absolute atomic E-state index is 14.0. The minimum atomic E-state index is -4.74. The molecule has 6 aromatic rings. The predicted molar refractivity (Wildman–Crippen MR) is 162 cm³/mol. The van der Waals surface area contributed by atoms with Gasteiger partial charge in [0.15, 0.2) is 0 Å². The third kappa shape index (κ3) is 5.62. The third-order valence-electron chi connectivity index (χ3n) is 8.07. The number of methoxy groups -OCH3 is 1. The number of fused-ring (bicyclic) bond motifs is 2. The lowest BCUT2D eigenvalue weighted by molar-refractivity contribution is -0.148. The Morgan fingerprint density at radius 2 is 1.80 bits per heavy atom. The van der Waals surface area contributed by atoms with Crippen LogP contribution in [0, 0.1) is 0 Å². The van der Waals surface area contributed by atoms with Crippen molar-refractivity contribution in [2.45, 2.75) is 25.3 Å². The van der Waals surface area contributed by atoms with Gasteiger partial charge in [0.25, 0.3) is 0 Å². The van der Waals surface area contributed by atoms with Crippen molar-refractivity contribution in [2.24, 2.45) is 0 Å². The maximum atomic E-state index is 14.0. The topological polar surface area (TPSA) is 118 Å². The van der Waals surface area contributed by atoms with Gasteiger partial charge in [-0.1, -0.05) is 30.3 Å². The van der Waals surface area contributed by atoms with Crippen LogP contribution in [0.15, 0.2) is 79.4 Å². The Hall–Kier alpha value is -5.37. The van der Waals surface area contributed by atoms with Gasteiger partial charge in [0.05, 0.1) is 46.8 Å². The highest BCUT2D eigenvalue weighted by atomic mass is 19.4. The largest absolute Gasteiger partial charge is 0.480 e. The van der Waals surface area contributed by atoms with Gasteiger partial charge in [0.2, 0.25) is 17.6 Å². The predicted octanol–water partition coefficient (Wildman–Crippen LogP) is 4.88. The summed E-state index contributed by atoms with van der Waals surface area (Å²) in [5.74, 6) is -0.716. The first-order chi connectivity index (χ1) is 22.3. The van der Waals surface area contributed by atoms with Gasteiger partial charge in [-0.2, -0.15) is 13.2 Å². The summed E-state index contributed by atoms with van der Waals surface area (Å²) in [6, 6.07) is 15.3. The van der Waals surface area contributed by atoms with Crippen LogP contribution in [0.1, 0.15) is 23.4 Å². The molecule has 234 valence electrons. The molecule has 1 N–H and O–H groups in total. The van der Waals surface area contributed by atoms with Gasteiger partial charge in [0.1, 0.15) is 18.4 Å². The fraction of sp³-hybridized carbons (Fsp3) is 0.250. The SMILES string of the molecule is COc1nc2ccccc2cc1-c1cnc(C2CN(Cc3cnccn3)CCN2C(=O)Cn2c(C(F)(F)F)nc3ccccc32)[nH]1. The Morgan fingerprint density at radius 1 is 1.00 bits per heavy atom. The van der Waals surface area contributed by atoms with Crippen LogP contribution in [0.4, 0.5) is 13.2 Å². The molecule has 1 saturated heterocycles. The van der Waals surface area contributed by atoms with E-state index in [-0.39, 0.29) is 17.6 Å². The first-order valence-corrected chi connectivity index (χ1v) is 14.6. The molecular weight excluding hydrogens is 599 g/mol. The van der Waals surface area contributed by atoms with Gasteiger partial charge in [-0.05, 0) is 24.3 Å². The van der Waals surface area contributed by atoms with Crippen molar-refractivity contribution in [2.75, 3.05) is 26.7 Å². The standard InChI is InChI=1S/C32H28F3N9O2/c1-46-30-22(14-20-6-2-3-7-23(20)40-30)25-16-38-29(39-25)27-18-42(17-21-15-36-10-11-37-21)12-13-43(27)28(45)19-44-26-9-5-4-8-24(26)41-31(44)32(33,34)35/h2-11,14-16,27H,12-13,17-19H2,1H3,(H,38,39). The number of hydrogen-bond donors (Lipinski definition) is 1. The Morgan fingerprint density at radius 3 is 2.59 bits per heavy atom. The highest BCUT2D eigenvalue weighted by Crippen LogP contribution is 2.34. The molecule has 2 aromatic carbocycles. The number of carbonyl (C=O) groups excluding carboxylic acids is 1. The number of aromatic nitrogens is 7. The van der Waals surface area contributed by atoms with Crippen molar-refractivity contribution in [1.29, 1.82) is 0 Å². The molecule has 5 heterocycles. The number of imidazole rings is 2. The fourth-order valence-electron chi connectivity index (χ4n) is 5.92. The molecule has 1 amide bonds. The molecule has 1 unspecified atom stereocenters. The summed E-state index contributed by atoms with van der Waals surface area (Å²) in [7, 11) is 1.54. The second-order valence-corrected chi connectivity index (χ2v) is 11.0. The highest BCUT2D eigenvalue weighted by molar-refractivity contribution is 5.85. The Labute approximate surface area is 260 Å². The molecule has 0 saturated carbocycles. The Bertz CT molecular complexity index is 2030. The first-order valence-electron chi connectivity index (χ1n) is 14.6. The quantitative estimate of drug-likeness (QED) is 0.266. The zero-order chi connectivity index (χ0) is 31.8. The highest BCUT2D eigenvalue weighted by Gasteiger charge is 2.40. The van der Waals surface area contributed by atoms with E-state index in [4.69, 9.17) is 4.74 Å². The van der Waals surface area contributed by atoms with Crippen LogP contribution < -0.4 is 4.74 Å². The first kappa shape index (κ1) is 29.3. The molecule has 0 radical (unpaired) electrons. The molecular formula is C32H28F3N9O2. The van der Waals surface area contributed by atoms with E-state index < -0.39 is 30.5 Å². The summed E-state index contributed by atoms with van der Waals surface area (Å²) >= 11 is 0. The van der Waals surface area contributed by atoms with Crippen LogP contribution in [-0.2, 0) is 24.1 Å². The molecule has 14 heteroatoms. The van der Waals surface area contributed by atoms with Crippen LogP contribution in [0.5, 0.6) is 5.88 Å². The number of halogens is 3. The number of pyridine rings is 1. The van der Waals surface area contributed by atoms with Gasteiger partial charge in [-0.15, -0.1) is 0 Å².